The molecule has 0 bridgehead atoms. The molecule has 1 aromatic rings. The van der Waals surface area contributed by atoms with Crippen molar-refractivity contribution in [3.8, 4) is 5.75 Å². The zero-order valence-electron chi connectivity index (χ0n) is 12.2. The molecular weight excluding hydrogens is 279 g/mol. The highest BCUT2D eigenvalue weighted by atomic mass is 19.4. The first-order valence-corrected chi connectivity index (χ1v) is 7.57. The quantitative estimate of drug-likeness (QED) is 0.825. The van der Waals surface area contributed by atoms with Crippen LogP contribution in [0.25, 0.3) is 0 Å². The number of halogens is 3. The van der Waals surface area contributed by atoms with Gasteiger partial charge in [0.05, 0.1) is 18.2 Å². The number of benzene rings is 1. The summed E-state index contributed by atoms with van der Waals surface area (Å²) < 4.78 is 45.0. The van der Waals surface area contributed by atoms with Crippen LogP contribution < -0.4 is 10.1 Å². The number of hydrogen-bond donors (Lipinski definition) is 1. The van der Waals surface area contributed by atoms with E-state index < -0.39 is 18.1 Å². The first-order valence-electron chi connectivity index (χ1n) is 7.57. The average molecular weight is 301 g/mol. The molecule has 2 nitrogen and oxygen atoms in total. The van der Waals surface area contributed by atoms with E-state index in [1.165, 1.54) is 0 Å². The number of hydrogen-bond acceptors (Lipinski definition) is 2. The number of ether oxygens (including phenoxy) is 1. The predicted molar refractivity (Wildman–Crippen MR) is 77.7 cm³/mol. The first kappa shape index (κ1) is 16.0. The molecule has 1 saturated carbocycles. The second kappa shape index (κ2) is 7.05. The Morgan fingerprint density at radius 3 is 2.62 bits per heavy atom. The minimum absolute atomic E-state index is 0.207. The summed E-state index contributed by atoms with van der Waals surface area (Å²) in [5.41, 5.74) is 0.659. The molecule has 2 unspecified atom stereocenters. The lowest BCUT2D eigenvalue weighted by Crippen LogP contribution is -2.41. The van der Waals surface area contributed by atoms with E-state index in [9.17, 15) is 13.2 Å². The van der Waals surface area contributed by atoms with Crippen molar-refractivity contribution < 1.29 is 17.9 Å². The molecule has 0 spiro atoms. The van der Waals surface area contributed by atoms with Crippen molar-refractivity contribution >= 4 is 5.69 Å². The molecule has 5 heteroatoms. The molecule has 0 saturated heterocycles. The van der Waals surface area contributed by atoms with Gasteiger partial charge in [0.1, 0.15) is 5.75 Å². The standard InChI is InChI=1S/C16H22F3NO/c1-2-11-21-15-10-6-5-9-14(15)20-13-8-4-3-7-12(13)16(17,18)19/h5-6,9-10,12-13,20H,2-4,7-8,11H2,1H3. The fraction of sp³-hybridized carbons (Fsp3) is 0.625. The van der Waals surface area contributed by atoms with Crippen LogP contribution in [0.2, 0.25) is 0 Å². The molecule has 2 atom stereocenters. The van der Waals surface area contributed by atoms with E-state index in [1.54, 1.807) is 12.1 Å². The predicted octanol–water partition coefficient (Wildman–Crippen LogP) is 5.01. The van der Waals surface area contributed by atoms with E-state index in [-0.39, 0.29) is 6.42 Å². The van der Waals surface area contributed by atoms with Crippen LogP contribution in [0.3, 0.4) is 0 Å². The van der Waals surface area contributed by atoms with Crippen LogP contribution in [0, 0.1) is 5.92 Å². The SMILES string of the molecule is CCCOc1ccccc1NC1CCCCC1C(F)(F)F. The molecule has 0 aliphatic heterocycles. The van der Waals surface area contributed by atoms with E-state index in [1.807, 2.05) is 19.1 Å². The summed E-state index contributed by atoms with van der Waals surface area (Å²) in [6, 6.07) is 6.66. The highest BCUT2D eigenvalue weighted by Crippen LogP contribution is 2.40. The summed E-state index contributed by atoms with van der Waals surface area (Å²) >= 11 is 0. The van der Waals surface area contributed by atoms with Crippen LogP contribution in [0.1, 0.15) is 39.0 Å². The summed E-state index contributed by atoms with van der Waals surface area (Å²) in [5, 5.41) is 3.07. The third-order valence-electron chi connectivity index (χ3n) is 3.88. The van der Waals surface area contributed by atoms with Gasteiger partial charge in [-0.2, -0.15) is 13.2 Å². The van der Waals surface area contributed by atoms with E-state index in [0.29, 0.717) is 30.9 Å². The molecule has 1 aliphatic rings. The molecule has 2 rings (SSSR count). The molecule has 1 fully saturated rings. The second-order valence-corrected chi connectivity index (χ2v) is 5.53. The molecular formula is C16H22F3NO. The van der Waals surface area contributed by atoms with Gasteiger partial charge in [0, 0.05) is 6.04 Å². The summed E-state index contributed by atoms with van der Waals surface area (Å²) in [5.74, 6) is -0.642. The maximum atomic E-state index is 13.1. The Morgan fingerprint density at radius 1 is 1.19 bits per heavy atom. The van der Waals surface area contributed by atoms with Crippen molar-refractivity contribution in [3.63, 3.8) is 0 Å². The normalized spacial score (nSPS) is 22.9. The van der Waals surface area contributed by atoms with Crippen molar-refractivity contribution in [2.45, 2.75) is 51.2 Å². The van der Waals surface area contributed by atoms with Crippen LogP contribution in [-0.4, -0.2) is 18.8 Å². The monoisotopic (exact) mass is 301 g/mol. The maximum absolute atomic E-state index is 13.1. The molecule has 1 aromatic carbocycles. The smallest absolute Gasteiger partial charge is 0.393 e. The summed E-state index contributed by atoms with van der Waals surface area (Å²) in [6.45, 7) is 2.56. The number of rotatable bonds is 5. The van der Waals surface area contributed by atoms with E-state index >= 15 is 0 Å². The Labute approximate surface area is 123 Å². The van der Waals surface area contributed by atoms with Crippen molar-refractivity contribution in [2.24, 2.45) is 5.92 Å². The van der Waals surface area contributed by atoms with Crippen LogP contribution in [-0.2, 0) is 0 Å². The van der Waals surface area contributed by atoms with Gasteiger partial charge in [0.15, 0.2) is 0 Å². The Morgan fingerprint density at radius 2 is 1.90 bits per heavy atom. The van der Waals surface area contributed by atoms with Gasteiger partial charge in [0.25, 0.3) is 0 Å². The molecule has 1 aliphatic carbocycles. The largest absolute Gasteiger partial charge is 0.491 e. The topological polar surface area (TPSA) is 21.3 Å². The molecule has 0 amide bonds. The third-order valence-corrected chi connectivity index (χ3v) is 3.88. The fourth-order valence-electron chi connectivity index (χ4n) is 2.82. The third kappa shape index (κ3) is 4.29. The molecule has 0 radical (unpaired) electrons. The minimum Gasteiger partial charge on any atom is -0.491 e. The summed E-state index contributed by atoms with van der Waals surface area (Å²) in [7, 11) is 0. The zero-order chi connectivity index (χ0) is 15.3. The van der Waals surface area contributed by atoms with E-state index in [0.717, 1.165) is 12.8 Å². The number of anilines is 1. The summed E-state index contributed by atoms with van der Waals surface area (Å²) in [6.07, 6.45) is -1.04. The van der Waals surface area contributed by atoms with Gasteiger partial charge in [-0.15, -0.1) is 0 Å². The van der Waals surface area contributed by atoms with Gasteiger partial charge < -0.3 is 10.1 Å². The highest BCUT2D eigenvalue weighted by molar-refractivity contribution is 5.56. The Hall–Kier alpha value is -1.39. The van der Waals surface area contributed by atoms with Crippen molar-refractivity contribution in [2.75, 3.05) is 11.9 Å². The fourth-order valence-corrected chi connectivity index (χ4v) is 2.82. The van der Waals surface area contributed by atoms with Crippen molar-refractivity contribution in [3.05, 3.63) is 24.3 Å². The average Bonchev–Trinajstić information content (AvgIpc) is 2.46. The molecule has 21 heavy (non-hydrogen) atoms. The lowest BCUT2D eigenvalue weighted by atomic mass is 9.84. The van der Waals surface area contributed by atoms with Crippen molar-refractivity contribution in [1.29, 1.82) is 0 Å². The number of alkyl halides is 3. The molecule has 0 aromatic heterocycles. The minimum atomic E-state index is -4.14. The molecule has 0 heterocycles. The number of nitrogens with one attached hydrogen (secondary N) is 1. The lowest BCUT2D eigenvalue weighted by molar-refractivity contribution is -0.184. The first-order chi connectivity index (χ1) is 10.0. The Kier molecular flexibility index (Phi) is 5.37. The van der Waals surface area contributed by atoms with Gasteiger partial charge in [-0.05, 0) is 31.4 Å². The number of para-hydroxylation sites is 2. The maximum Gasteiger partial charge on any atom is 0.393 e. The summed E-state index contributed by atoms with van der Waals surface area (Å²) in [4.78, 5) is 0. The van der Waals surface area contributed by atoms with Gasteiger partial charge in [0.2, 0.25) is 0 Å². The Bertz CT molecular complexity index is 447. The lowest BCUT2D eigenvalue weighted by Gasteiger charge is -2.34. The van der Waals surface area contributed by atoms with Crippen LogP contribution in [0.5, 0.6) is 5.75 Å². The highest BCUT2D eigenvalue weighted by Gasteiger charge is 2.45. The van der Waals surface area contributed by atoms with E-state index in [4.69, 9.17) is 4.74 Å². The van der Waals surface area contributed by atoms with Crippen LogP contribution in [0.4, 0.5) is 18.9 Å². The van der Waals surface area contributed by atoms with Gasteiger partial charge in [-0.1, -0.05) is 31.9 Å². The van der Waals surface area contributed by atoms with Gasteiger partial charge >= 0.3 is 6.18 Å². The second-order valence-electron chi connectivity index (χ2n) is 5.53. The Balaban J connectivity index is 2.12. The van der Waals surface area contributed by atoms with Crippen molar-refractivity contribution in [1.82, 2.24) is 0 Å². The van der Waals surface area contributed by atoms with Crippen LogP contribution in [0.15, 0.2) is 24.3 Å². The zero-order valence-corrected chi connectivity index (χ0v) is 12.2. The molecule has 1 N–H and O–H groups in total. The van der Waals surface area contributed by atoms with E-state index in [2.05, 4.69) is 5.32 Å². The van der Waals surface area contributed by atoms with Gasteiger partial charge in [-0.25, -0.2) is 0 Å². The van der Waals surface area contributed by atoms with Gasteiger partial charge in [-0.3, -0.25) is 0 Å². The molecule has 118 valence electrons. The van der Waals surface area contributed by atoms with Crippen LogP contribution >= 0.6 is 0 Å².